The van der Waals surface area contributed by atoms with Crippen LogP contribution >= 0.6 is 0 Å². The third-order valence-electron chi connectivity index (χ3n) is 2.95. The number of amides is 1. The van der Waals surface area contributed by atoms with Gasteiger partial charge in [-0.3, -0.25) is 9.48 Å². The van der Waals surface area contributed by atoms with E-state index in [1.165, 1.54) is 30.1 Å². The Hall–Kier alpha value is -2.64. The van der Waals surface area contributed by atoms with E-state index in [1.807, 2.05) is 0 Å². The van der Waals surface area contributed by atoms with E-state index in [9.17, 15) is 13.6 Å². The molecule has 0 spiro atoms. The van der Waals surface area contributed by atoms with Gasteiger partial charge in [0.15, 0.2) is 11.5 Å². The number of methoxy groups -OCH3 is 1. The normalized spacial score (nSPS) is 10.6. The first kappa shape index (κ1) is 15.7. The Morgan fingerprint density at radius 3 is 2.73 bits per heavy atom. The van der Waals surface area contributed by atoms with Gasteiger partial charge in [-0.1, -0.05) is 6.07 Å². The van der Waals surface area contributed by atoms with Crippen molar-refractivity contribution >= 4 is 5.91 Å². The molecule has 0 aliphatic heterocycles. The van der Waals surface area contributed by atoms with E-state index in [4.69, 9.17) is 4.74 Å². The van der Waals surface area contributed by atoms with E-state index >= 15 is 0 Å². The number of halogens is 2. The Kier molecular flexibility index (Phi) is 4.92. The van der Waals surface area contributed by atoms with Crippen molar-refractivity contribution in [3.63, 3.8) is 0 Å². The van der Waals surface area contributed by atoms with Crippen LogP contribution in [0, 0.1) is 0 Å². The number of ether oxygens (including phenoxy) is 2. The number of nitrogens with one attached hydrogen (secondary N) is 1. The predicted octanol–water partition coefficient (Wildman–Crippen LogP) is 1.96. The third-order valence-corrected chi connectivity index (χ3v) is 2.95. The highest BCUT2D eigenvalue weighted by Crippen LogP contribution is 2.29. The number of aryl methyl sites for hydroxylation is 1. The maximum atomic E-state index is 12.2. The van der Waals surface area contributed by atoms with E-state index in [0.29, 0.717) is 11.3 Å². The summed E-state index contributed by atoms with van der Waals surface area (Å²) in [7, 11) is 3.01. The van der Waals surface area contributed by atoms with Crippen molar-refractivity contribution in [2.45, 2.75) is 13.2 Å². The summed E-state index contributed by atoms with van der Waals surface area (Å²) in [5.41, 5.74) is 1.11. The highest BCUT2D eigenvalue weighted by Gasteiger charge is 2.12. The molecule has 1 N–H and O–H groups in total. The number of carbonyl (C=O) groups excluding carboxylic acids is 1. The van der Waals surface area contributed by atoms with Crippen LogP contribution in [-0.2, 0) is 13.6 Å². The van der Waals surface area contributed by atoms with Crippen LogP contribution in [-0.4, -0.2) is 29.4 Å². The number of alkyl halides is 2. The van der Waals surface area contributed by atoms with Crippen molar-refractivity contribution < 1.29 is 23.0 Å². The van der Waals surface area contributed by atoms with E-state index in [2.05, 4.69) is 15.2 Å². The minimum atomic E-state index is -2.93. The monoisotopic (exact) mass is 311 g/mol. The molecule has 1 heterocycles. The van der Waals surface area contributed by atoms with Gasteiger partial charge >= 0.3 is 6.61 Å². The number of carbonyl (C=O) groups is 1. The standard InChI is InChI=1S/C14H15F2N3O3/c1-19-10(5-6-18-19)13(20)17-8-9-3-4-11(22-14(15)16)12(7-9)21-2/h3-7,14H,8H2,1-2H3,(H,17,20). The summed E-state index contributed by atoms with van der Waals surface area (Å²) in [6, 6.07) is 6.07. The first-order valence-corrected chi connectivity index (χ1v) is 6.39. The molecule has 22 heavy (non-hydrogen) atoms. The molecule has 1 aromatic heterocycles. The topological polar surface area (TPSA) is 65.4 Å². The summed E-state index contributed by atoms with van der Waals surface area (Å²) < 4.78 is 35.3. The Labute approximate surface area is 125 Å². The van der Waals surface area contributed by atoms with Gasteiger partial charge in [0, 0.05) is 19.8 Å². The summed E-state index contributed by atoms with van der Waals surface area (Å²) in [6.45, 7) is -2.71. The number of benzene rings is 1. The first-order valence-electron chi connectivity index (χ1n) is 6.39. The molecule has 0 fully saturated rings. The SMILES string of the molecule is COc1cc(CNC(=O)c2ccnn2C)ccc1OC(F)F. The van der Waals surface area contributed by atoms with Crippen LogP contribution in [0.3, 0.4) is 0 Å². The zero-order valence-corrected chi connectivity index (χ0v) is 12.0. The fourth-order valence-corrected chi connectivity index (χ4v) is 1.88. The van der Waals surface area contributed by atoms with Gasteiger partial charge in [0.2, 0.25) is 0 Å². The average Bonchev–Trinajstić information content (AvgIpc) is 2.91. The predicted molar refractivity (Wildman–Crippen MR) is 74.0 cm³/mol. The van der Waals surface area contributed by atoms with Crippen molar-refractivity contribution in [2.24, 2.45) is 7.05 Å². The van der Waals surface area contributed by atoms with E-state index < -0.39 is 6.61 Å². The summed E-state index contributed by atoms with van der Waals surface area (Å²) in [6.07, 6.45) is 1.52. The van der Waals surface area contributed by atoms with Crippen LogP contribution in [0.1, 0.15) is 16.1 Å². The van der Waals surface area contributed by atoms with Crippen molar-refractivity contribution in [1.29, 1.82) is 0 Å². The van der Waals surface area contributed by atoms with Crippen molar-refractivity contribution in [3.8, 4) is 11.5 Å². The minimum Gasteiger partial charge on any atom is -0.493 e. The van der Waals surface area contributed by atoms with Gasteiger partial charge in [-0.2, -0.15) is 13.9 Å². The average molecular weight is 311 g/mol. The van der Waals surface area contributed by atoms with Crippen molar-refractivity contribution in [3.05, 3.63) is 41.7 Å². The number of hydrogen-bond donors (Lipinski definition) is 1. The molecule has 0 aliphatic carbocycles. The number of nitrogens with zero attached hydrogens (tertiary/aromatic N) is 2. The summed E-state index contributed by atoms with van der Waals surface area (Å²) in [4.78, 5) is 11.9. The highest BCUT2D eigenvalue weighted by molar-refractivity contribution is 5.92. The minimum absolute atomic E-state index is 0.0563. The summed E-state index contributed by atoms with van der Waals surface area (Å²) >= 11 is 0. The van der Waals surface area contributed by atoms with Crippen LogP contribution in [0.15, 0.2) is 30.5 Å². The fourth-order valence-electron chi connectivity index (χ4n) is 1.88. The smallest absolute Gasteiger partial charge is 0.387 e. The first-order chi connectivity index (χ1) is 10.5. The van der Waals surface area contributed by atoms with Crippen molar-refractivity contribution in [2.75, 3.05) is 7.11 Å². The van der Waals surface area contributed by atoms with Crippen LogP contribution in [0.2, 0.25) is 0 Å². The van der Waals surface area contributed by atoms with Gasteiger partial charge in [-0.05, 0) is 23.8 Å². The molecular weight excluding hydrogens is 296 g/mol. The molecule has 1 aromatic carbocycles. The highest BCUT2D eigenvalue weighted by atomic mass is 19.3. The lowest BCUT2D eigenvalue weighted by molar-refractivity contribution is -0.0512. The van der Waals surface area contributed by atoms with Gasteiger partial charge in [-0.25, -0.2) is 0 Å². The largest absolute Gasteiger partial charge is 0.493 e. The fraction of sp³-hybridized carbons (Fsp3) is 0.286. The zero-order valence-electron chi connectivity index (χ0n) is 12.0. The van der Waals surface area contributed by atoms with Crippen LogP contribution in [0.5, 0.6) is 11.5 Å². The Balaban J connectivity index is 2.04. The molecule has 0 saturated heterocycles. The molecule has 2 rings (SSSR count). The molecule has 2 aromatic rings. The maximum absolute atomic E-state index is 12.2. The molecule has 0 bridgehead atoms. The molecule has 0 unspecified atom stereocenters. The van der Waals surface area contributed by atoms with Gasteiger partial charge in [-0.15, -0.1) is 0 Å². The van der Waals surface area contributed by atoms with Gasteiger partial charge in [0.05, 0.1) is 7.11 Å². The molecule has 0 saturated carbocycles. The maximum Gasteiger partial charge on any atom is 0.387 e. The summed E-state index contributed by atoms with van der Waals surface area (Å²) in [5.74, 6) is -0.168. The lowest BCUT2D eigenvalue weighted by Gasteiger charge is -2.12. The zero-order chi connectivity index (χ0) is 16.1. The molecule has 1 amide bonds. The number of hydrogen-bond acceptors (Lipinski definition) is 4. The second-order valence-electron chi connectivity index (χ2n) is 4.39. The lowest BCUT2D eigenvalue weighted by atomic mass is 10.2. The molecule has 6 nitrogen and oxygen atoms in total. The molecule has 0 radical (unpaired) electrons. The van der Waals surface area contributed by atoms with Crippen LogP contribution in [0.4, 0.5) is 8.78 Å². The van der Waals surface area contributed by atoms with E-state index in [0.717, 1.165) is 0 Å². The van der Waals surface area contributed by atoms with Gasteiger partial charge < -0.3 is 14.8 Å². The molecule has 8 heteroatoms. The third kappa shape index (κ3) is 3.72. The Bertz CT molecular complexity index is 659. The second kappa shape index (κ2) is 6.88. The van der Waals surface area contributed by atoms with Crippen LogP contribution in [0.25, 0.3) is 0 Å². The van der Waals surface area contributed by atoms with E-state index in [1.54, 1.807) is 19.2 Å². The Morgan fingerprint density at radius 1 is 1.36 bits per heavy atom. The van der Waals surface area contributed by atoms with Gasteiger partial charge in [0.25, 0.3) is 5.91 Å². The molecular formula is C14H15F2N3O3. The van der Waals surface area contributed by atoms with E-state index in [-0.39, 0.29) is 24.0 Å². The number of rotatable bonds is 6. The van der Waals surface area contributed by atoms with Crippen LogP contribution < -0.4 is 14.8 Å². The van der Waals surface area contributed by atoms with Gasteiger partial charge in [0.1, 0.15) is 5.69 Å². The Morgan fingerprint density at radius 2 is 2.14 bits per heavy atom. The lowest BCUT2D eigenvalue weighted by Crippen LogP contribution is -2.25. The molecule has 0 aliphatic rings. The summed E-state index contributed by atoms with van der Waals surface area (Å²) in [5, 5.41) is 6.62. The molecule has 0 atom stereocenters. The quantitative estimate of drug-likeness (QED) is 0.885. The molecule has 118 valence electrons. The number of aromatic nitrogens is 2. The van der Waals surface area contributed by atoms with Crippen molar-refractivity contribution in [1.82, 2.24) is 15.1 Å². The second-order valence-corrected chi connectivity index (χ2v) is 4.39.